The number of nitrogens with zero attached hydrogens (tertiary/aromatic N) is 5. The van der Waals surface area contributed by atoms with Gasteiger partial charge >= 0.3 is 0 Å². The predicted octanol–water partition coefficient (Wildman–Crippen LogP) is 3.53. The van der Waals surface area contributed by atoms with Crippen LogP contribution in [0, 0.1) is 11.3 Å². The third-order valence-electron chi connectivity index (χ3n) is 6.81. The molecule has 0 spiro atoms. The summed E-state index contributed by atoms with van der Waals surface area (Å²) in [6, 6.07) is 18.5. The lowest BCUT2D eigenvalue weighted by Gasteiger charge is -2.42. The Morgan fingerprint density at radius 1 is 1.03 bits per heavy atom. The molecular formula is C27H31N5O2. The third kappa shape index (κ3) is 4.65. The Balaban J connectivity index is 1.24. The van der Waals surface area contributed by atoms with E-state index in [1.165, 1.54) is 5.69 Å². The van der Waals surface area contributed by atoms with Gasteiger partial charge in [-0.1, -0.05) is 0 Å². The van der Waals surface area contributed by atoms with Gasteiger partial charge in [0.15, 0.2) is 0 Å². The van der Waals surface area contributed by atoms with Crippen molar-refractivity contribution in [3.05, 3.63) is 60.3 Å². The summed E-state index contributed by atoms with van der Waals surface area (Å²) in [7, 11) is 1.70. The van der Waals surface area contributed by atoms with E-state index >= 15 is 0 Å². The van der Waals surface area contributed by atoms with E-state index < -0.39 is 0 Å². The Kier molecular flexibility index (Phi) is 6.52. The van der Waals surface area contributed by atoms with Crippen LogP contribution in [0.5, 0.6) is 5.75 Å². The highest BCUT2D eigenvalue weighted by atomic mass is 16.5. The van der Waals surface area contributed by atoms with E-state index in [-0.39, 0.29) is 12.2 Å². The number of pyridine rings is 1. The first kappa shape index (κ1) is 22.5. The molecule has 0 amide bonds. The monoisotopic (exact) mass is 457 g/mol. The predicted molar refractivity (Wildman–Crippen MR) is 135 cm³/mol. The molecule has 2 fully saturated rings. The Bertz CT molecular complexity index is 1170. The van der Waals surface area contributed by atoms with Crippen LogP contribution < -0.4 is 14.5 Å². The van der Waals surface area contributed by atoms with E-state index in [9.17, 15) is 5.26 Å². The van der Waals surface area contributed by atoms with Gasteiger partial charge in [-0.2, -0.15) is 5.26 Å². The number of nitriles is 1. The number of methoxy groups -OCH3 is 1. The standard InChI is InChI=1S/C27H31N5O2/c1-20-17-32(26-10-5-21(16-28)27-25(26)4-3-11-29-27)19-24(34-20)18-30-12-14-31(15-13-30)22-6-8-23(33-2)9-7-22/h3-11,20,24H,12-15,17-19H2,1-2H3. The van der Waals surface area contributed by atoms with Gasteiger partial charge in [0.25, 0.3) is 0 Å². The molecule has 2 saturated heterocycles. The SMILES string of the molecule is COc1ccc(N2CCN(CC3CN(c4ccc(C#N)c5ncccc45)CC(C)O3)CC2)cc1. The molecule has 0 radical (unpaired) electrons. The van der Waals surface area contributed by atoms with E-state index in [0.717, 1.165) is 68.2 Å². The number of benzene rings is 2. The first-order valence-electron chi connectivity index (χ1n) is 11.9. The molecule has 2 aliphatic heterocycles. The fourth-order valence-electron chi connectivity index (χ4n) is 5.14. The van der Waals surface area contributed by atoms with E-state index in [0.29, 0.717) is 5.56 Å². The number of hydrogen-bond donors (Lipinski definition) is 0. The molecule has 0 N–H and O–H groups in total. The van der Waals surface area contributed by atoms with Gasteiger partial charge in [0, 0.05) is 68.8 Å². The highest BCUT2D eigenvalue weighted by Crippen LogP contribution is 2.30. The molecule has 3 heterocycles. The van der Waals surface area contributed by atoms with Crippen LogP contribution in [0.1, 0.15) is 12.5 Å². The molecule has 34 heavy (non-hydrogen) atoms. The van der Waals surface area contributed by atoms with Gasteiger partial charge in [-0.3, -0.25) is 9.88 Å². The fourth-order valence-corrected chi connectivity index (χ4v) is 5.14. The maximum absolute atomic E-state index is 9.48. The molecule has 2 aliphatic rings. The smallest absolute Gasteiger partial charge is 0.119 e. The zero-order valence-electron chi connectivity index (χ0n) is 19.9. The summed E-state index contributed by atoms with van der Waals surface area (Å²) in [6.07, 6.45) is 2.03. The highest BCUT2D eigenvalue weighted by molar-refractivity contribution is 5.95. The van der Waals surface area contributed by atoms with E-state index in [4.69, 9.17) is 9.47 Å². The number of morpholine rings is 1. The summed E-state index contributed by atoms with van der Waals surface area (Å²) < 4.78 is 11.6. The molecule has 2 aromatic carbocycles. The second kappa shape index (κ2) is 9.88. The van der Waals surface area contributed by atoms with Crippen LogP contribution in [0.3, 0.4) is 0 Å². The van der Waals surface area contributed by atoms with Crippen molar-refractivity contribution >= 4 is 22.3 Å². The quantitative estimate of drug-likeness (QED) is 0.581. The first-order chi connectivity index (χ1) is 16.6. The van der Waals surface area contributed by atoms with Gasteiger partial charge in [-0.15, -0.1) is 0 Å². The zero-order valence-corrected chi connectivity index (χ0v) is 19.9. The molecule has 3 aromatic rings. The lowest BCUT2D eigenvalue weighted by Crippen LogP contribution is -2.54. The topological polar surface area (TPSA) is 64.9 Å². The Hall–Kier alpha value is -3.34. The minimum absolute atomic E-state index is 0.138. The molecule has 176 valence electrons. The first-order valence-corrected chi connectivity index (χ1v) is 11.9. The minimum Gasteiger partial charge on any atom is -0.497 e. The maximum Gasteiger partial charge on any atom is 0.119 e. The Labute approximate surface area is 201 Å². The Morgan fingerprint density at radius 2 is 1.82 bits per heavy atom. The van der Waals surface area contributed by atoms with Crippen molar-refractivity contribution in [1.29, 1.82) is 5.26 Å². The second-order valence-corrected chi connectivity index (χ2v) is 9.10. The van der Waals surface area contributed by atoms with Crippen molar-refractivity contribution in [3.63, 3.8) is 0 Å². The summed E-state index contributed by atoms with van der Waals surface area (Å²) in [5.41, 5.74) is 3.77. The minimum atomic E-state index is 0.138. The highest BCUT2D eigenvalue weighted by Gasteiger charge is 2.29. The summed E-state index contributed by atoms with van der Waals surface area (Å²) >= 11 is 0. The van der Waals surface area contributed by atoms with Crippen LogP contribution in [0.4, 0.5) is 11.4 Å². The summed E-state index contributed by atoms with van der Waals surface area (Å²) in [5, 5.41) is 10.5. The molecule has 2 atom stereocenters. The number of aromatic nitrogens is 1. The summed E-state index contributed by atoms with van der Waals surface area (Å²) in [6.45, 7) is 8.77. The zero-order chi connectivity index (χ0) is 23.5. The van der Waals surface area contributed by atoms with Crippen LogP contribution in [-0.4, -0.2) is 75.0 Å². The number of anilines is 2. The molecular weight excluding hydrogens is 426 g/mol. The number of fused-ring (bicyclic) bond motifs is 1. The summed E-state index contributed by atoms with van der Waals surface area (Å²) in [4.78, 5) is 11.8. The molecule has 0 bridgehead atoms. The van der Waals surface area contributed by atoms with Gasteiger partial charge < -0.3 is 19.3 Å². The molecule has 1 aromatic heterocycles. The molecule has 7 nitrogen and oxygen atoms in total. The van der Waals surface area contributed by atoms with E-state index in [2.05, 4.69) is 56.9 Å². The van der Waals surface area contributed by atoms with Crippen molar-refractivity contribution in [2.75, 3.05) is 62.7 Å². The number of ether oxygens (including phenoxy) is 2. The van der Waals surface area contributed by atoms with Gasteiger partial charge in [-0.25, -0.2) is 0 Å². The van der Waals surface area contributed by atoms with E-state index in [1.807, 2.05) is 24.3 Å². The Morgan fingerprint density at radius 3 is 2.56 bits per heavy atom. The van der Waals surface area contributed by atoms with Crippen LogP contribution in [0.15, 0.2) is 54.7 Å². The van der Waals surface area contributed by atoms with Crippen LogP contribution >= 0.6 is 0 Å². The van der Waals surface area contributed by atoms with Crippen molar-refractivity contribution < 1.29 is 9.47 Å². The summed E-state index contributed by atoms with van der Waals surface area (Å²) in [5.74, 6) is 0.890. The van der Waals surface area contributed by atoms with Gasteiger partial charge in [-0.05, 0) is 55.5 Å². The van der Waals surface area contributed by atoms with Crippen LogP contribution in [0.25, 0.3) is 10.9 Å². The lowest BCUT2D eigenvalue weighted by atomic mass is 10.1. The normalized spacial score (nSPS) is 21.4. The molecule has 0 saturated carbocycles. The van der Waals surface area contributed by atoms with Crippen LogP contribution in [0.2, 0.25) is 0 Å². The molecule has 7 heteroatoms. The van der Waals surface area contributed by atoms with Crippen molar-refractivity contribution in [2.24, 2.45) is 0 Å². The number of rotatable bonds is 5. The molecule has 0 aliphatic carbocycles. The van der Waals surface area contributed by atoms with Gasteiger partial charge in [0.1, 0.15) is 11.8 Å². The molecule has 5 rings (SSSR count). The van der Waals surface area contributed by atoms with Crippen molar-refractivity contribution in [2.45, 2.75) is 19.1 Å². The molecule has 2 unspecified atom stereocenters. The largest absolute Gasteiger partial charge is 0.497 e. The van der Waals surface area contributed by atoms with E-state index in [1.54, 1.807) is 13.3 Å². The number of piperazine rings is 1. The average Bonchev–Trinajstić information content (AvgIpc) is 2.88. The van der Waals surface area contributed by atoms with Crippen molar-refractivity contribution in [1.82, 2.24) is 9.88 Å². The van der Waals surface area contributed by atoms with Gasteiger partial charge in [0.2, 0.25) is 0 Å². The van der Waals surface area contributed by atoms with Crippen molar-refractivity contribution in [3.8, 4) is 11.8 Å². The van der Waals surface area contributed by atoms with Gasteiger partial charge in [0.05, 0.1) is 30.4 Å². The average molecular weight is 458 g/mol. The fraction of sp³-hybridized carbons (Fsp3) is 0.407. The second-order valence-electron chi connectivity index (χ2n) is 9.10. The number of hydrogen-bond acceptors (Lipinski definition) is 7. The third-order valence-corrected chi connectivity index (χ3v) is 6.81. The van der Waals surface area contributed by atoms with Crippen LogP contribution in [-0.2, 0) is 4.74 Å². The lowest BCUT2D eigenvalue weighted by molar-refractivity contribution is -0.0327. The maximum atomic E-state index is 9.48.